The van der Waals surface area contributed by atoms with Crippen molar-refractivity contribution in [3.8, 4) is 0 Å². The van der Waals surface area contributed by atoms with Crippen LogP contribution in [0.5, 0.6) is 0 Å². The first kappa shape index (κ1) is 10.5. The van der Waals surface area contributed by atoms with Crippen molar-refractivity contribution in [1.82, 2.24) is 15.1 Å². The molecule has 0 saturated heterocycles. The zero-order valence-corrected chi connectivity index (χ0v) is 9.50. The van der Waals surface area contributed by atoms with E-state index in [4.69, 9.17) is 5.73 Å². The van der Waals surface area contributed by atoms with E-state index in [1.54, 1.807) is 12.4 Å². The van der Waals surface area contributed by atoms with Gasteiger partial charge in [-0.1, -0.05) is 5.16 Å². The molecule has 18 heavy (non-hydrogen) atoms. The van der Waals surface area contributed by atoms with E-state index in [2.05, 4.69) is 25.0 Å². The number of benzene rings is 1. The highest BCUT2D eigenvalue weighted by Crippen LogP contribution is 2.27. The van der Waals surface area contributed by atoms with Crippen molar-refractivity contribution in [2.45, 2.75) is 6.54 Å². The summed E-state index contributed by atoms with van der Waals surface area (Å²) in [5, 5.41) is 8.94. The lowest BCUT2D eigenvalue weighted by molar-refractivity contribution is 0.411. The number of nitrogens with one attached hydrogen (secondary N) is 1. The summed E-state index contributed by atoms with van der Waals surface area (Å²) in [6.07, 6.45) is 4.80. The van der Waals surface area contributed by atoms with Gasteiger partial charge in [0, 0.05) is 34.5 Å². The highest BCUT2D eigenvalue weighted by atomic mass is 16.5. The number of hydrogen-bond donors (Lipinski definition) is 2. The first-order chi connectivity index (χ1) is 8.84. The molecule has 3 aromatic rings. The maximum atomic E-state index is 5.91. The maximum absolute atomic E-state index is 5.91. The number of nitrogens with zero attached hydrogens (tertiary/aromatic N) is 3. The number of nitrogens with two attached hydrogens (primary N) is 1. The van der Waals surface area contributed by atoms with Crippen molar-refractivity contribution in [1.29, 1.82) is 0 Å². The highest BCUT2D eigenvalue weighted by molar-refractivity contribution is 6.00. The van der Waals surface area contributed by atoms with Crippen LogP contribution in [0.15, 0.2) is 41.5 Å². The quantitative estimate of drug-likeness (QED) is 0.680. The minimum absolute atomic E-state index is 0.498. The molecule has 3 rings (SSSR count). The van der Waals surface area contributed by atoms with Crippen LogP contribution in [0, 0.1) is 0 Å². The number of pyridine rings is 1. The summed E-state index contributed by atoms with van der Waals surface area (Å²) in [6, 6.07) is 5.70. The third kappa shape index (κ3) is 1.84. The Labute approximate surface area is 103 Å². The lowest BCUT2D eigenvalue weighted by Gasteiger charge is -2.09. The number of hydrogen-bond acceptors (Lipinski definition) is 6. The minimum Gasteiger partial charge on any atom is -0.398 e. The first-order valence-electron chi connectivity index (χ1n) is 5.46. The molecule has 0 fully saturated rings. The molecule has 0 aliphatic rings. The average molecular weight is 241 g/mol. The third-order valence-electron chi connectivity index (χ3n) is 2.70. The summed E-state index contributed by atoms with van der Waals surface area (Å²) in [6.45, 7) is 0.498. The summed E-state index contributed by atoms with van der Waals surface area (Å²) in [5.74, 6) is 0.606. The van der Waals surface area contributed by atoms with Gasteiger partial charge in [-0.15, -0.1) is 0 Å². The molecule has 0 unspecified atom stereocenters. The average Bonchev–Trinajstić information content (AvgIpc) is 2.92. The first-order valence-corrected chi connectivity index (χ1v) is 5.46. The highest BCUT2D eigenvalue weighted by Gasteiger charge is 2.05. The van der Waals surface area contributed by atoms with Gasteiger partial charge < -0.3 is 15.6 Å². The van der Waals surface area contributed by atoms with Crippen LogP contribution in [0.4, 0.5) is 11.4 Å². The topological polar surface area (TPSA) is 89.9 Å². The van der Waals surface area contributed by atoms with Crippen LogP contribution in [0.3, 0.4) is 0 Å². The molecule has 1 aromatic carbocycles. The van der Waals surface area contributed by atoms with Crippen LogP contribution in [0.1, 0.15) is 5.82 Å². The normalized spacial score (nSPS) is 10.7. The van der Waals surface area contributed by atoms with Crippen molar-refractivity contribution >= 4 is 22.1 Å². The van der Waals surface area contributed by atoms with Gasteiger partial charge >= 0.3 is 0 Å². The second-order valence-electron chi connectivity index (χ2n) is 3.82. The summed E-state index contributed by atoms with van der Waals surface area (Å²) < 4.78 is 4.68. The molecule has 0 radical (unpaired) electrons. The number of rotatable bonds is 3. The van der Waals surface area contributed by atoms with E-state index in [-0.39, 0.29) is 0 Å². The van der Waals surface area contributed by atoms with Crippen LogP contribution < -0.4 is 11.1 Å². The Hall–Kier alpha value is -2.63. The molecule has 0 aliphatic carbocycles. The maximum Gasteiger partial charge on any atom is 0.213 e. The van der Waals surface area contributed by atoms with E-state index in [1.165, 1.54) is 6.39 Å². The Balaban J connectivity index is 1.94. The molecule has 2 aromatic heterocycles. The molecular weight excluding hydrogens is 230 g/mol. The zero-order valence-electron chi connectivity index (χ0n) is 9.50. The predicted octanol–water partition coefficient (Wildman–Crippen LogP) is 1.81. The zero-order chi connectivity index (χ0) is 12.4. The van der Waals surface area contributed by atoms with Crippen LogP contribution >= 0.6 is 0 Å². The molecule has 3 N–H and O–H groups in total. The van der Waals surface area contributed by atoms with Crippen molar-refractivity contribution in [3.63, 3.8) is 0 Å². The van der Waals surface area contributed by atoms with Crippen molar-refractivity contribution < 1.29 is 4.52 Å². The van der Waals surface area contributed by atoms with E-state index < -0.39 is 0 Å². The standard InChI is InChI=1S/C12H11N5O/c13-10-1-2-11(8-3-4-14-5-9(8)10)15-6-12-16-7-18-17-12/h1-5,7,15H,6,13H2. The summed E-state index contributed by atoms with van der Waals surface area (Å²) in [5.41, 5.74) is 7.58. The molecule has 6 nitrogen and oxygen atoms in total. The lowest BCUT2D eigenvalue weighted by Crippen LogP contribution is -2.02. The van der Waals surface area contributed by atoms with Gasteiger partial charge in [0.1, 0.15) is 0 Å². The molecule has 0 spiro atoms. The fraction of sp³-hybridized carbons (Fsp3) is 0.0833. The summed E-state index contributed by atoms with van der Waals surface area (Å²) in [7, 11) is 0. The SMILES string of the molecule is Nc1ccc(NCc2ncon2)c2ccncc12. The van der Waals surface area contributed by atoms with Crippen molar-refractivity contribution in [2.75, 3.05) is 11.1 Å². The van der Waals surface area contributed by atoms with Crippen molar-refractivity contribution in [2.24, 2.45) is 0 Å². The smallest absolute Gasteiger partial charge is 0.213 e. The molecule has 0 aliphatic heterocycles. The molecule has 90 valence electrons. The summed E-state index contributed by atoms with van der Waals surface area (Å²) in [4.78, 5) is 8.03. The van der Waals surface area contributed by atoms with E-state index in [1.807, 2.05) is 18.2 Å². The van der Waals surface area contributed by atoms with Crippen LogP contribution in [-0.2, 0) is 6.54 Å². The van der Waals surface area contributed by atoms with Crippen LogP contribution in [0.25, 0.3) is 10.8 Å². The largest absolute Gasteiger partial charge is 0.398 e. The van der Waals surface area contributed by atoms with Crippen LogP contribution in [0.2, 0.25) is 0 Å². The third-order valence-corrected chi connectivity index (χ3v) is 2.70. The Kier molecular flexibility index (Phi) is 2.53. The van der Waals surface area contributed by atoms with Gasteiger partial charge in [0.15, 0.2) is 5.82 Å². The number of anilines is 2. The van der Waals surface area contributed by atoms with Gasteiger partial charge in [-0.3, -0.25) is 4.98 Å². The van der Waals surface area contributed by atoms with Gasteiger partial charge in [-0.2, -0.15) is 4.98 Å². The van der Waals surface area contributed by atoms with E-state index in [9.17, 15) is 0 Å². The fourth-order valence-corrected chi connectivity index (χ4v) is 1.81. The predicted molar refractivity (Wildman–Crippen MR) is 67.8 cm³/mol. The molecule has 0 amide bonds. The number of aromatic nitrogens is 3. The molecule has 0 bridgehead atoms. The molecule has 6 heteroatoms. The Bertz CT molecular complexity index is 665. The molecule has 0 saturated carbocycles. The van der Waals surface area contributed by atoms with Gasteiger partial charge in [0.2, 0.25) is 6.39 Å². The van der Waals surface area contributed by atoms with Gasteiger partial charge in [-0.25, -0.2) is 0 Å². The minimum atomic E-state index is 0.498. The van der Waals surface area contributed by atoms with Gasteiger partial charge in [0.05, 0.1) is 6.54 Å². The van der Waals surface area contributed by atoms with E-state index >= 15 is 0 Å². The van der Waals surface area contributed by atoms with E-state index in [0.717, 1.165) is 16.5 Å². The number of fused-ring (bicyclic) bond motifs is 1. The summed E-state index contributed by atoms with van der Waals surface area (Å²) >= 11 is 0. The van der Waals surface area contributed by atoms with E-state index in [0.29, 0.717) is 18.1 Å². The molecule has 2 heterocycles. The van der Waals surface area contributed by atoms with Gasteiger partial charge in [-0.05, 0) is 18.2 Å². The monoisotopic (exact) mass is 241 g/mol. The fourth-order valence-electron chi connectivity index (χ4n) is 1.81. The number of nitrogen functional groups attached to an aromatic ring is 1. The lowest BCUT2D eigenvalue weighted by atomic mass is 10.1. The Morgan fingerprint density at radius 2 is 2.17 bits per heavy atom. The van der Waals surface area contributed by atoms with Gasteiger partial charge in [0.25, 0.3) is 0 Å². The van der Waals surface area contributed by atoms with Crippen LogP contribution in [-0.4, -0.2) is 15.1 Å². The second-order valence-corrected chi connectivity index (χ2v) is 3.82. The molecule has 0 atom stereocenters. The molecular formula is C12H11N5O. The Morgan fingerprint density at radius 1 is 1.22 bits per heavy atom. The second kappa shape index (κ2) is 4.33. The van der Waals surface area contributed by atoms with Crippen molar-refractivity contribution in [3.05, 3.63) is 42.8 Å². The Morgan fingerprint density at radius 3 is 3.00 bits per heavy atom.